The van der Waals surface area contributed by atoms with Gasteiger partial charge in [0.15, 0.2) is 0 Å². The summed E-state index contributed by atoms with van der Waals surface area (Å²) in [7, 11) is 0. The summed E-state index contributed by atoms with van der Waals surface area (Å²) in [6, 6.07) is 8.22. The van der Waals surface area contributed by atoms with E-state index in [-0.39, 0.29) is 6.42 Å². The van der Waals surface area contributed by atoms with Crippen molar-refractivity contribution in [3.63, 3.8) is 0 Å². The molecule has 0 spiro atoms. The molecule has 1 N–H and O–H groups in total. The molecular weight excluding hydrogens is 176 g/mol. The highest BCUT2D eigenvalue weighted by Gasteiger charge is 1.91. The summed E-state index contributed by atoms with van der Waals surface area (Å²) in [6.45, 7) is 2.05. The van der Waals surface area contributed by atoms with Crippen molar-refractivity contribution in [3.05, 3.63) is 47.5 Å². The average Bonchev–Trinajstić information content (AvgIpc) is 2.15. The van der Waals surface area contributed by atoms with E-state index in [1.165, 1.54) is 11.1 Å². The Morgan fingerprint density at radius 1 is 1.29 bits per heavy atom. The van der Waals surface area contributed by atoms with Gasteiger partial charge in [0.25, 0.3) is 0 Å². The molecule has 0 amide bonds. The highest BCUT2D eigenvalue weighted by molar-refractivity contribution is 5.68. The van der Waals surface area contributed by atoms with E-state index >= 15 is 0 Å². The normalized spacial score (nSPS) is 10.6. The summed E-state index contributed by atoms with van der Waals surface area (Å²) < 4.78 is 0. The van der Waals surface area contributed by atoms with E-state index in [2.05, 4.69) is 24.3 Å². The first kappa shape index (κ1) is 10.5. The van der Waals surface area contributed by atoms with Crippen LogP contribution >= 0.6 is 0 Å². The highest BCUT2D eigenvalue weighted by atomic mass is 16.4. The zero-order valence-electron chi connectivity index (χ0n) is 8.23. The average molecular weight is 190 g/mol. The van der Waals surface area contributed by atoms with Gasteiger partial charge in [0, 0.05) is 0 Å². The third-order valence-corrected chi connectivity index (χ3v) is 1.93. The van der Waals surface area contributed by atoms with Gasteiger partial charge in [-0.2, -0.15) is 0 Å². The lowest BCUT2D eigenvalue weighted by Crippen LogP contribution is -1.90. The maximum Gasteiger partial charge on any atom is 0.307 e. The van der Waals surface area contributed by atoms with Crippen molar-refractivity contribution < 1.29 is 9.90 Å². The summed E-state index contributed by atoms with van der Waals surface area (Å²) in [5, 5.41) is 8.40. The number of hydrogen-bond donors (Lipinski definition) is 1. The first-order chi connectivity index (χ1) is 6.68. The molecule has 0 radical (unpaired) electrons. The number of carbonyl (C=O) groups is 1. The van der Waals surface area contributed by atoms with Gasteiger partial charge in [-0.1, -0.05) is 42.0 Å². The Bertz CT molecular complexity index is 323. The second-order valence-electron chi connectivity index (χ2n) is 3.26. The molecule has 2 nitrogen and oxygen atoms in total. The van der Waals surface area contributed by atoms with Crippen molar-refractivity contribution in [2.24, 2.45) is 0 Å². The van der Waals surface area contributed by atoms with Crippen LogP contribution in [0.15, 0.2) is 36.4 Å². The predicted octanol–water partition coefficient (Wildman–Crippen LogP) is 2.57. The molecular formula is C12H14O2. The van der Waals surface area contributed by atoms with Crippen LogP contribution in [0.1, 0.15) is 17.5 Å². The number of rotatable bonds is 4. The zero-order valence-corrected chi connectivity index (χ0v) is 8.23. The zero-order chi connectivity index (χ0) is 10.4. The van der Waals surface area contributed by atoms with Gasteiger partial charge in [-0.25, -0.2) is 0 Å². The van der Waals surface area contributed by atoms with E-state index in [4.69, 9.17) is 5.11 Å². The van der Waals surface area contributed by atoms with Crippen molar-refractivity contribution in [2.45, 2.75) is 19.8 Å². The Labute approximate surface area is 83.9 Å². The minimum atomic E-state index is -0.787. The standard InChI is InChI=1S/C12H14O2/c1-10-6-8-11(9-7-10)4-2-3-5-12(13)14/h2-3,6-9H,4-5H2,1H3,(H,13,14)/b3-2-. The van der Waals surface area contributed by atoms with Crippen LogP contribution < -0.4 is 0 Å². The molecule has 0 aliphatic heterocycles. The van der Waals surface area contributed by atoms with Crippen LogP contribution in [0.25, 0.3) is 0 Å². The van der Waals surface area contributed by atoms with Crippen molar-refractivity contribution in [3.8, 4) is 0 Å². The highest BCUT2D eigenvalue weighted by Crippen LogP contribution is 2.04. The molecule has 74 valence electrons. The quantitative estimate of drug-likeness (QED) is 0.741. The van der Waals surface area contributed by atoms with E-state index in [0.717, 1.165) is 6.42 Å². The van der Waals surface area contributed by atoms with Crippen LogP contribution in [0.4, 0.5) is 0 Å². The lowest BCUT2D eigenvalue weighted by molar-refractivity contribution is -0.136. The van der Waals surface area contributed by atoms with Crippen LogP contribution in [0, 0.1) is 6.92 Å². The van der Waals surface area contributed by atoms with Crippen LogP contribution in [-0.4, -0.2) is 11.1 Å². The van der Waals surface area contributed by atoms with Gasteiger partial charge in [0.2, 0.25) is 0 Å². The summed E-state index contributed by atoms with van der Waals surface area (Å²) in [6.07, 6.45) is 4.47. The van der Waals surface area contributed by atoms with Gasteiger partial charge in [-0.3, -0.25) is 4.79 Å². The molecule has 2 heteroatoms. The molecule has 0 atom stereocenters. The van der Waals surface area contributed by atoms with E-state index in [1.807, 2.05) is 13.0 Å². The van der Waals surface area contributed by atoms with E-state index in [1.54, 1.807) is 6.08 Å². The Morgan fingerprint density at radius 3 is 2.50 bits per heavy atom. The molecule has 0 aliphatic carbocycles. The monoisotopic (exact) mass is 190 g/mol. The maximum atomic E-state index is 10.2. The summed E-state index contributed by atoms with van der Waals surface area (Å²) >= 11 is 0. The lowest BCUT2D eigenvalue weighted by atomic mass is 10.1. The van der Waals surface area contributed by atoms with Gasteiger partial charge in [-0.15, -0.1) is 0 Å². The molecule has 0 aliphatic rings. The fourth-order valence-electron chi connectivity index (χ4n) is 1.13. The molecule has 14 heavy (non-hydrogen) atoms. The molecule has 1 rings (SSSR count). The summed E-state index contributed by atoms with van der Waals surface area (Å²) in [5.41, 5.74) is 2.44. The molecule has 0 bridgehead atoms. The predicted molar refractivity (Wildman–Crippen MR) is 56.3 cm³/mol. The number of carboxylic acids is 1. The Balaban J connectivity index is 2.42. The van der Waals surface area contributed by atoms with Crippen molar-refractivity contribution in [1.29, 1.82) is 0 Å². The van der Waals surface area contributed by atoms with Gasteiger partial charge in [0.1, 0.15) is 0 Å². The molecule has 0 aromatic heterocycles. The Kier molecular flexibility index (Phi) is 3.92. The molecule has 0 saturated heterocycles. The molecule has 0 unspecified atom stereocenters. The van der Waals surface area contributed by atoms with Crippen LogP contribution in [0.5, 0.6) is 0 Å². The number of aliphatic carboxylic acids is 1. The first-order valence-corrected chi connectivity index (χ1v) is 4.61. The number of hydrogen-bond acceptors (Lipinski definition) is 1. The van der Waals surface area contributed by atoms with Gasteiger partial charge >= 0.3 is 5.97 Å². The smallest absolute Gasteiger partial charge is 0.307 e. The first-order valence-electron chi connectivity index (χ1n) is 4.61. The topological polar surface area (TPSA) is 37.3 Å². The van der Waals surface area contributed by atoms with Crippen LogP contribution in [0.3, 0.4) is 0 Å². The van der Waals surface area contributed by atoms with E-state index in [0.29, 0.717) is 0 Å². The number of carboxylic acid groups (broad SMARTS) is 1. The minimum absolute atomic E-state index is 0.103. The van der Waals surface area contributed by atoms with E-state index < -0.39 is 5.97 Å². The van der Waals surface area contributed by atoms with Crippen molar-refractivity contribution >= 4 is 5.97 Å². The molecule has 0 saturated carbocycles. The second-order valence-corrected chi connectivity index (χ2v) is 3.26. The van der Waals surface area contributed by atoms with Crippen LogP contribution in [0.2, 0.25) is 0 Å². The number of aryl methyl sites for hydroxylation is 1. The Hall–Kier alpha value is -1.57. The minimum Gasteiger partial charge on any atom is -0.481 e. The van der Waals surface area contributed by atoms with Gasteiger partial charge in [-0.05, 0) is 18.9 Å². The van der Waals surface area contributed by atoms with Gasteiger partial charge in [0.05, 0.1) is 6.42 Å². The number of allylic oxidation sites excluding steroid dienone is 1. The summed E-state index contributed by atoms with van der Waals surface area (Å²) in [4.78, 5) is 10.2. The summed E-state index contributed by atoms with van der Waals surface area (Å²) in [5.74, 6) is -0.787. The second kappa shape index (κ2) is 5.22. The van der Waals surface area contributed by atoms with Crippen molar-refractivity contribution in [1.82, 2.24) is 0 Å². The lowest BCUT2D eigenvalue weighted by Gasteiger charge is -1.96. The fourth-order valence-corrected chi connectivity index (χ4v) is 1.13. The number of benzene rings is 1. The third kappa shape index (κ3) is 3.90. The Morgan fingerprint density at radius 2 is 1.93 bits per heavy atom. The third-order valence-electron chi connectivity index (χ3n) is 1.93. The maximum absolute atomic E-state index is 10.2. The van der Waals surface area contributed by atoms with Crippen LogP contribution in [-0.2, 0) is 11.2 Å². The molecule has 0 heterocycles. The molecule has 1 aromatic carbocycles. The SMILES string of the molecule is Cc1ccc(C/C=C\CC(=O)O)cc1. The van der Waals surface area contributed by atoms with E-state index in [9.17, 15) is 4.79 Å². The largest absolute Gasteiger partial charge is 0.481 e. The van der Waals surface area contributed by atoms with Gasteiger partial charge < -0.3 is 5.11 Å². The molecule has 0 fully saturated rings. The van der Waals surface area contributed by atoms with Crippen molar-refractivity contribution in [2.75, 3.05) is 0 Å². The molecule has 1 aromatic rings. The fraction of sp³-hybridized carbons (Fsp3) is 0.250.